The maximum absolute atomic E-state index is 12.7. The van der Waals surface area contributed by atoms with Crippen molar-refractivity contribution in [2.75, 3.05) is 31.1 Å². The number of benzene rings is 1. The van der Waals surface area contributed by atoms with E-state index in [0.717, 1.165) is 39.0 Å². The maximum Gasteiger partial charge on any atom is 0.274 e. The fourth-order valence-corrected chi connectivity index (χ4v) is 4.46. The second-order valence-electron chi connectivity index (χ2n) is 7.07. The minimum atomic E-state index is 0.000904. The van der Waals surface area contributed by atoms with E-state index in [9.17, 15) is 4.79 Å². The lowest BCUT2D eigenvalue weighted by atomic mass is 10.2. The van der Waals surface area contributed by atoms with E-state index in [1.54, 1.807) is 17.4 Å². The Balaban J connectivity index is 1.45. The van der Waals surface area contributed by atoms with Crippen LogP contribution in [0.5, 0.6) is 0 Å². The first-order chi connectivity index (χ1) is 12.9. The van der Waals surface area contributed by atoms with Gasteiger partial charge in [-0.25, -0.2) is 4.98 Å². The minimum absolute atomic E-state index is 0.000904. The highest BCUT2D eigenvalue weighted by Crippen LogP contribution is 2.33. The van der Waals surface area contributed by atoms with Gasteiger partial charge in [-0.3, -0.25) is 9.48 Å². The predicted octanol–water partition coefficient (Wildman–Crippen LogP) is 4.00. The van der Waals surface area contributed by atoms with Crippen molar-refractivity contribution < 1.29 is 4.79 Å². The monoisotopic (exact) mass is 403 g/mol. The van der Waals surface area contributed by atoms with Gasteiger partial charge in [0.2, 0.25) is 0 Å². The quantitative estimate of drug-likeness (QED) is 0.663. The van der Waals surface area contributed by atoms with Gasteiger partial charge in [-0.05, 0) is 44.5 Å². The van der Waals surface area contributed by atoms with Gasteiger partial charge in [-0.15, -0.1) is 0 Å². The average Bonchev–Trinajstić information content (AvgIpc) is 3.32. The number of hydrogen-bond acceptors (Lipinski definition) is 5. The highest BCUT2D eigenvalue weighted by Gasteiger charge is 2.25. The molecule has 0 spiro atoms. The molecule has 1 aromatic carbocycles. The molecule has 1 aliphatic heterocycles. The summed E-state index contributed by atoms with van der Waals surface area (Å²) < 4.78 is 2.96. The number of thiazole rings is 1. The van der Waals surface area contributed by atoms with Gasteiger partial charge in [0.25, 0.3) is 5.91 Å². The number of amides is 1. The van der Waals surface area contributed by atoms with Crippen LogP contribution in [0.1, 0.15) is 35.9 Å². The molecule has 0 radical (unpaired) electrons. The first-order valence-electron chi connectivity index (χ1n) is 9.09. The summed E-state index contributed by atoms with van der Waals surface area (Å²) in [6.07, 6.45) is 1.86. The molecule has 4 rings (SSSR count). The number of carbonyl (C=O) groups excluding carboxylic acids is 1. The molecule has 6 nitrogen and oxygen atoms in total. The zero-order chi connectivity index (χ0) is 19.1. The van der Waals surface area contributed by atoms with Crippen LogP contribution in [0.25, 0.3) is 10.2 Å². The van der Waals surface area contributed by atoms with E-state index >= 15 is 0 Å². The molecule has 8 heteroatoms. The number of rotatable bonds is 3. The summed E-state index contributed by atoms with van der Waals surface area (Å²) in [4.78, 5) is 21.6. The standard InChI is InChI=1S/C19H22ClN5OS/c1-12(2)25-7-6-15(22-25)18(26)23-8-10-24(11-9-23)19-21-17-13(3)14(20)4-5-16(17)27-19/h4-7,12H,8-11H2,1-3H3. The van der Waals surface area contributed by atoms with Gasteiger partial charge in [0, 0.05) is 43.4 Å². The Kier molecular flexibility index (Phi) is 4.82. The van der Waals surface area contributed by atoms with E-state index in [1.807, 2.05) is 48.7 Å². The summed E-state index contributed by atoms with van der Waals surface area (Å²) in [6.45, 7) is 8.97. The molecule has 2 aromatic heterocycles. The Bertz CT molecular complexity index is 987. The second-order valence-corrected chi connectivity index (χ2v) is 8.49. The van der Waals surface area contributed by atoms with Crippen molar-refractivity contribution in [1.29, 1.82) is 0 Å². The van der Waals surface area contributed by atoms with Crippen LogP contribution in [-0.2, 0) is 0 Å². The molecule has 0 aliphatic carbocycles. The average molecular weight is 404 g/mol. The van der Waals surface area contributed by atoms with E-state index in [2.05, 4.69) is 10.00 Å². The summed E-state index contributed by atoms with van der Waals surface area (Å²) in [5, 5.41) is 6.14. The molecule has 1 aliphatic rings. The molecule has 0 bridgehead atoms. The number of aromatic nitrogens is 3. The molecule has 142 valence electrons. The maximum atomic E-state index is 12.7. The molecule has 0 N–H and O–H groups in total. The van der Waals surface area contributed by atoms with E-state index in [-0.39, 0.29) is 11.9 Å². The SMILES string of the molecule is Cc1c(Cl)ccc2sc(N3CCN(C(=O)c4ccn(C(C)C)n4)CC3)nc12. The Morgan fingerprint density at radius 1 is 1.19 bits per heavy atom. The van der Waals surface area contributed by atoms with E-state index in [0.29, 0.717) is 18.8 Å². The van der Waals surface area contributed by atoms with Crippen LogP contribution < -0.4 is 4.90 Å². The molecular formula is C19H22ClN5OS. The number of hydrogen-bond donors (Lipinski definition) is 0. The van der Waals surface area contributed by atoms with Crippen molar-refractivity contribution in [3.8, 4) is 0 Å². The molecule has 1 fully saturated rings. The minimum Gasteiger partial charge on any atom is -0.345 e. The van der Waals surface area contributed by atoms with Gasteiger partial charge in [0.1, 0.15) is 5.69 Å². The predicted molar refractivity (Wildman–Crippen MR) is 110 cm³/mol. The second kappa shape index (κ2) is 7.13. The molecule has 1 amide bonds. The first-order valence-corrected chi connectivity index (χ1v) is 10.3. The van der Waals surface area contributed by atoms with Crippen molar-refractivity contribution in [2.24, 2.45) is 0 Å². The van der Waals surface area contributed by atoms with Crippen molar-refractivity contribution in [1.82, 2.24) is 19.7 Å². The number of piperazine rings is 1. The van der Waals surface area contributed by atoms with E-state index in [1.165, 1.54) is 0 Å². The van der Waals surface area contributed by atoms with Crippen molar-refractivity contribution in [2.45, 2.75) is 26.8 Å². The van der Waals surface area contributed by atoms with Crippen LogP contribution in [0.15, 0.2) is 24.4 Å². The summed E-state index contributed by atoms with van der Waals surface area (Å²) >= 11 is 7.89. The molecule has 1 saturated heterocycles. The molecule has 0 atom stereocenters. The Hall–Kier alpha value is -2.12. The Morgan fingerprint density at radius 3 is 2.59 bits per heavy atom. The van der Waals surface area contributed by atoms with E-state index in [4.69, 9.17) is 16.6 Å². The van der Waals surface area contributed by atoms with Crippen molar-refractivity contribution in [3.63, 3.8) is 0 Å². The zero-order valence-electron chi connectivity index (χ0n) is 15.6. The Labute approximate surface area is 167 Å². The smallest absolute Gasteiger partial charge is 0.274 e. The zero-order valence-corrected chi connectivity index (χ0v) is 17.2. The van der Waals surface area contributed by atoms with Gasteiger partial charge >= 0.3 is 0 Å². The Morgan fingerprint density at radius 2 is 1.93 bits per heavy atom. The molecule has 3 aromatic rings. The molecule has 0 unspecified atom stereocenters. The van der Waals surface area contributed by atoms with Gasteiger partial charge in [0.05, 0.1) is 10.2 Å². The highest BCUT2D eigenvalue weighted by molar-refractivity contribution is 7.22. The largest absolute Gasteiger partial charge is 0.345 e. The fourth-order valence-electron chi connectivity index (χ4n) is 3.23. The van der Waals surface area contributed by atoms with Crippen LogP contribution in [0.4, 0.5) is 5.13 Å². The third-order valence-corrected chi connectivity index (χ3v) is 6.42. The summed E-state index contributed by atoms with van der Waals surface area (Å²) in [6, 6.07) is 6.00. The van der Waals surface area contributed by atoms with Crippen LogP contribution in [0.2, 0.25) is 5.02 Å². The highest BCUT2D eigenvalue weighted by atomic mass is 35.5. The number of fused-ring (bicyclic) bond motifs is 1. The lowest BCUT2D eigenvalue weighted by molar-refractivity contribution is 0.0739. The number of nitrogens with zero attached hydrogens (tertiary/aromatic N) is 5. The van der Waals surface area contributed by atoms with Crippen LogP contribution in [0, 0.1) is 6.92 Å². The third kappa shape index (κ3) is 3.41. The normalized spacial score (nSPS) is 15.1. The number of anilines is 1. The van der Waals surface area contributed by atoms with Gasteiger partial charge in [0.15, 0.2) is 5.13 Å². The van der Waals surface area contributed by atoms with E-state index < -0.39 is 0 Å². The van der Waals surface area contributed by atoms with Crippen LogP contribution >= 0.6 is 22.9 Å². The molecule has 27 heavy (non-hydrogen) atoms. The van der Waals surface area contributed by atoms with Crippen LogP contribution in [-0.4, -0.2) is 51.8 Å². The van der Waals surface area contributed by atoms with Crippen molar-refractivity contribution in [3.05, 3.63) is 40.7 Å². The number of aryl methyl sites for hydroxylation is 1. The van der Waals surface area contributed by atoms with Gasteiger partial charge < -0.3 is 9.80 Å². The summed E-state index contributed by atoms with van der Waals surface area (Å²) in [5.41, 5.74) is 2.51. The lowest BCUT2D eigenvalue weighted by Gasteiger charge is -2.34. The molecular weight excluding hydrogens is 382 g/mol. The van der Waals surface area contributed by atoms with Gasteiger partial charge in [-0.1, -0.05) is 22.9 Å². The third-order valence-electron chi connectivity index (χ3n) is 4.93. The number of halogens is 1. The summed E-state index contributed by atoms with van der Waals surface area (Å²) in [5.74, 6) is 0.000904. The molecule has 3 heterocycles. The van der Waals surface area contributed by atoms with Crippen molar-refractivity contribution >= 4 is 44.2 Å². The lowest BCUT2D eigenvalue weighted by Crippen LogP contribution is -2.48. The first kappa shape index (κ1) is 18.3. The summed E-state index contributed by atoms with van der Waals surface area (Å²) in [7, 11) is 0. The fraction of sp³-hybridized carbons (Fsp3) is 0.421. The molecule has 0 saturated carbocycles. The van der Waals surface area contributed by atoms with Crippen LogP contribution in [0.3, 0.4) is 0 Å². The number of carbonyl (C=O) groups is 1. The topological polar surface area (TPSA) is 54.3 Å². The van der Waals surface area contributed by atoms with Gasteiger partial charge in [-0.2, -0.15) is 5.10 Å².